The molecule has 0 aliphatic carbocycles. The highest BCUT2D eigenvalue weighted by atomic mass is 16.6. The first-order chi connectivity index (χ1) is 19.5. The third-order valence-electron chi connectivity index (χ3n) is 6.83. The fourth-order valence-electron chi connectivity index (χ4n) is 4.81. The molecule has 1 aliphatic heterocycles. The van der Waals surface area contributed by atoms with Crippen molar-refractivity contribution in [2.45, 2.75) is 5.92 Å². The third-order valence-corrected chi connectivity index (χ3v) is 6.83. The summed E-state index contributed by atoms with van der Waals surface area (Å²) in [6, 6.07) is 26.5. The summed E-state index contributed by atoms with van der Waals surface area (Å²) < 4.78 is 5.23. The van der Waals surface area contributed by atoms with Crippen LogP contribution in [0.5, 0.6) is 5.75 Å². The Morgan fingerprint density at radius 2 is 1.45 bits per heavy atom. The van der Waals surface area contributed by atoms with Crippen molar-refractivity contribution in [1.29, 1.82) is 0 Å². The van der Waals surface area contributed by atoms with Gasteiger partial charge in [-0.15, -0.1) is 0 Å². The Kier molecular flexibility index (Phi) is 8.00. The summed E-state index contributed by atoms with van der Waals surface area (Å²) in [5.74, 6) is -0.0964. The van der Waals surface area contributed by atoms with Crippen LogP contribution in [0, 0.1) is 10.1 Å². The Bertz CT molecular complexity index is 1410. The second kappa shape index (κ2) is 12.1. The Balaban J connectivity index is 1.32. The van der Waals surface area contributed by atoms with E-state index in [9.17, 15) is 14.9 Å². The number of anilines is 3. The van der Waals surface area contributed by atoms with Crippen LogP contribution in [0.3, 0.4) is 0 Å². The van der Waals surface area contributed by atoms with E-state index in [-0.39, 0.29) is 23.2 Å². The van der Waals surface area contributed by atoms with Crippen molar-refractivity contribution in [1.82, 2.24) is 15.4 Å². The summed E-state index contributed by atoms with van der Waals surface area (Å²) in [6.45, 7) is 2.37. The average Bonchev–Trinajstić information content (AvgIpc) is 3.01. The molecule has 1 aromatic heterocycles. The average molecular weight is 540 g/mol. The molecule has 40 heavy (non-hydrogen) atoms. The molecule has 4 aromatic rings. The first kappa shape index (κ1) is 26.4. The minimum Gasteiger partial charge on any atom is -0.497 e. The quantitative estimate of drug-likeness (QED) is 0.240. The normalized spacial score (nSPS) is 13.2. The van der Waals surface area contributed by atoms with Crippen LogP contribution in [0.15, 0.2) is 91.3 Å². The molecule has 5 rings (SSSR count). The summed E-state index contributed by atoms with van der Waals surface area (Å²) in [6.07, 6.45) is 1.26. The zero-order chi connectivity index (χ0) is 27.9. The molecule has 0 radical (unpaired) electrons. The molecular weight excluding hydrogens is 510 g/mol. The predicted octanol–water partition coefficient (Wildman–Crippen LogP) is 4.00. The van der Waals surface area contributed by atoms with Crippen LogP contribution >= 0.6 is 0 Å². The number of methoxy groups -OCH3 is 1. The molecule has 0 bridgehead atoms. The molecule has 204 valence electrons. The number of rotatable bonds is 9. The molecule has 11 nitrogen and oxygen atoms in total. The number of nitro groups is 1. The van der Waals surface area contributed by atoms with Gasteiger partial charge in [0.25, 0.3) is 0 Å². The molecule has 1 aliphatic rings. The molecule has 0 atom stereocenters. The minimum atomic E-state index is -0.624. The number of carbonyl (C=O) groups excluding carboxylic acids is 1. The number of hydrogen-bond donors (Lipinski definition) is 2. The highest BCUT2D eigenvalue weighted by molar-refractivity contribution is 5.88. The van der Waals surface area contributed by atoms with Crippen molar-refractivity contribution in [3.8, 4) is 5.75 Å². The van der Waals surface area contributed by atoms with E-state index in [2.05, 4.69) is 25.7 Å². The number of hydrazine groups is 1. The molecular formula is C29H29N7O4. The van der Waals surface area contributed by atoms with Gasteiger partial charge in [-0.25, -0.2) is 9.97 Å². The molecule has 0 unspecified atom stereocenters. The summed E-state index contributed by atoms with van der Waals surface area (Å²) in [5.41, 5.74) is 7.68. The third kappa shape index (κ3) is 5.78. The minimum absolute atomic E-state index is 0.0826. The summed E-state index contributed by atoms with van der Waals surface area (Å²) in [7, 11) is 1.63. The Morgan fingerprint density at radius 3 is 2.00 bits per heavy atom. The molecule has 0 spiro atoms. The fourth-order valence-corrected chi connectivity index (χ4v) is 4.81. The van der Waals surface area contributed by atoms with Gasteiger partial charge in [0, 0.05) is 31.9 Å². The molecule has 1 saturated heterocycles. The van der Waals surface area contributed by atoms with Gasteiger partial charge >= 0.3 is 5.69 Å². The number of piperazine rings is 1. The van der Waals surface area contributed by atoms with E-state index in [1.165, 1.54) is 6.33 Å². The number of amides is 1. The van der Waals surface area contributed by atoms with E-state index in [1.807, 2.05) is 89.8 Å². The van der Waals surface area contributed by atoms with E-state index in [4.69, 9.17) is 4.74 Å². The summed E-state index contributed by atoms with van der Waals surface area (Å²) in [4.78, 5) is 37.4. The van der Waals surface area contributed by atoms with Gasteiger partial charge < -0.3 is 14.5 Å². The first-order valence-corrected chi connectivity index (χ1v) is 12.8. The maximum atomic E-state index is 13.4. The molecule has 1 fully saturated rings. The second-order valence-corrected chi connectivity index (χ2v) is 9.19. The van der Waals surface area contributed by atoms with E-state index in [0.29, 0.717) is 26.2 Å². The van der Waals surface area contributed by atoms with Gasteiger partial charge in [-0.1, -0.05) is 60.7 Å². The lowest BCUT2D eigenvalue weighted by Crippen LogP contribution is -2.47. The number of hydrogen-bond acceptors (Lipinski definition) is 9. The van der Waals surface area contributed by atoms with Crippen molar-refractivity contribution in [2.24, 2.45) is 0 Å². The van der Waals surface area contributed by atoms with Crippen molar-refractivity contribution in [3.05, 3.63) is 112 Å². The SMILES string of the molecule is COc1ccc(N2CCN(c3ncnc(NNC(=O)C(c4ccccc4)c4ccccc4)c3[N+](=O)[O-])CC2)cc1. The summed E-state index contributed by atoms with van der Waals surface area (Å²) in [5, 5.41) is 12.2. The lowest BCUT2D eigenvalue weighted by atomic mass is 9.91. The van der Waals surface area contributed by atoms with E-state index >= 15 is 0 Å². The van der Waals surface area contributed by atoms with Crippen molar-refractivity contribution in [3.63, 3.8) is 0 Å². The smallest absolute Gasteiger partial charge is 0.355 e. The van der Waals surface area contributed by atoms with E-state index < -0.39 is 10.8 Å². The number of benzene rings is 3. The first-order valence-electron chi connectivity index (χ1n) is 12.8. The Morgan fingerprint density at radius 1 is 0.875 bits per heavy atom. The Labute approximate surface area is 231 Å². The van der Waals surface area contributed by atoms with Crippen molar-refractivity contribution in [2.75, 3.05) is 48.5 Å². The van der Waals surface area contributed by atoms with Crippen molar-refractivity contribution < 1.29 is 14.5 Å². The van der Waals surface area contributed by atoms with Gasteiger partial charge in [-0.2, -0.15) is 0 Å². The maximum absolute atomic E-state index is 13.4. The largest absolute Gasteiger partial charge is 0.497 e. The molecule has 2 heterocycles. The zero-order valence-corrected chi connectivity index (χ0v) is 21.9. The van der Waals surface area contributed by atoms with E-state index in [0.717, 1.165) is 22.6 Å². The van der Waals surface area contributed by atoms with Gasteiger partial charge in [0.05, 0.1) is 18.0 Å². The number of nitrogens with zero attached hydrogens (tertiary/aromatic N) is 5. The number of nitrogens with one attached hydrogen (secondary N) is 2. The lowest BCUT2D eigenvalue weighted by Gasteiger charge is -2.36. The monoisotopic (exact) mass is 539 g/mol. The number of aromatic nitrogens is 2. The van der Waals surface area contributed by atoms with Gasteiger partial charge in [0.2, 0.25) is 17.5 Å². The number of carbonyl (C=O) groups is 1. The highest BCUT2D eigenvalue weighted by Gasteiger charge is 2.30. The standard InChI is InChI=1S/C29H29N7O4/c1-40-24-14-12-23(13-15-24)34-16-18-35(19-17-34)28-26(36(38)39)27(30-20-31-28)32-33-29(37)25(21-8-4-2-5-9-21)22-10-6-3-7-11-22/h2-15,20,25H,16-19H2,1H3,(H,33,37)(H,30,31,32). The Hall–Kier alpha value is -5.19. The topological polar surface area (TPSA) is 126 Å². The molecule has 2 N–H and O–H groups in total. The molecule has 0 saturated carbocycles. The molecule has 11 heteroatoms. The van der Waals surface area contributed by atoms with Crippen LogP contribution in [0.4, 0.5) is 23.0 Å². The van der Waals surface area contributed by atoms with Crippen LogP contribution in [0.2, 0.25) is 0 Å². The molecule has 3 aromatic carbocycles. The maximum Gasteiger partial charge on any atom is 0.355 e. The lowest BCUT2D eigenvalue weighted by molar-refractivity contribution is -0.383. The number of ether oxygens (including phenoxy) is 1. The molecule has 1 amide bonds. The van der Waals surface area contributed by atoms with Gasteiger partial charge in [-0.3, -0.25) is 25.8 Å². The van der Waals surface area contributed by atoms with Crippen LogP contribution < -0.4 is 25.4 Å². The van der Waals surface area contributed by atoms with Crippen LogP contribution in [-0.4, -0.2) is 54.1 Å². The van der Waals surface area contributed by atoms with Crippen LogP contribution in [0.1, 0.15) is 17.0 Å². The predicted molar refractivity (Wildman–Crippen MR) is 153 cm³/mol. The fraction of sp³-hybridized carbons (Fsp3) is 0.207. The van der Waals surface area contributed by atoms with Crippen LogP contribution in [-0.2, 0) is 4.79 Å². The second-order valence-electron chi connectivity index (χ2n) is 9.19. The van der Waals surface area contributed by atoms with Crippen molar-refractivity contribution >= 4 is 28.9 Å². The highest BCUT2D eigenvalue weighted by Crippen LogP contribution is 2.33. The van der Waals surface area contributed by atoms with E-state index in [1.54, 1.807) is 7.11 Å². The van der Waals surface area contributed by atoms with Gasteiger partial charge in [-0.05, 0) is 35.4 Å². The van der Waals surface area contributed by atoms with Gasteiger partial charge in [0.15, 0.2) is 0 Å². The zero-order valence-electron chi connectivity index (χ0n) is 21.9. The summed E-state index contributed by atoms with van der Waals surface area (Å²) >= 11 is 0. The van der Waals surface area contributed by atoms with Crippen LogP contribution in [0.25, 0.3) is 0 Å². The van der Waals surface area contributed by atoms with Gasteiger partial charge in [0.1, 0.15) is 12.1 Å².